The first-order valence-electron chi connectivity index (χ1n) is 8.78. The van der Waals surface area contributed by atoms with Crippen molar-refractivity contribution in [3.8, 4) is 16.3 Å². The van der Waals surface area contributed by atoms with Gasteiger partial charge in [-0.1, -0.05) is 12.1 Å². The Bertz CT molecular complexity index is 872. The molecule has 0 spiro atoms. The summed E-state index contributed by atoms with van der Waals surface area (Å²) in [7, 11) is 0. The first kappa shape index (κ1) is 17.2. The fourth-order valence-electron chi connectivity index (χ4n) is 3.35. The van der Waals surface area contributed by atoms with E-state index in [1.54, 1.807) is 11.3 Å². The number of benzene rings is 1. The number of likely N-dealkylation sites (tertiary alicyclic amines) is 1. The van der Waals surface area contributed by atoms with Gasteiger partial charge >= 0.3 is 0 Å². The molecule has 1 atom stereocenters. The molecule has 3 heterocycles. The zero-order valence-electron chi connectivity index (χ0n) is 14.6. The summed E-state index contributed by atoms with van der Waals surface area (Å²) < 4.78 is 5.52. The molecule has 0 bridgehead atoms. The summed E-state index contributed by atoms with van der Waals surface area (Å²) in [5.41, 5.74) is 2.80. The largest absolute Gasteiger partial charge is 0.494 e. The van der Waals surface area contributed by atoms with E-state index < -0.39 is 0 Å². The van der Waals surface area contributed by atoms with Crippen molar-refractivity contribution in [1.82, 2.24) is 9.88 Å². The van der Waals surface area contributed by atoms with Gasteiger partial charge in [-0.25, -0.2) is 4.98 Å². The summed E-state index contributed by atoms with van der Waals surface area (Å²) in [5, 5.41) is 6.88. The maximum Gasteiger partial charge on any atom is 0.273 e. The maximum atomic E-state index is 13.0. The molecule has 1 saturated heterocycles. The van der Waals surface area contributed by atoms with Gasteiger partial charge in [0.25, 0.3) is 5.91 Å². The minimum absolute atomic E-state index is 0.0270. The number of carbonyl (C=O) groups is 1. The van der Waals surface area contributed by atoms with Gasteiger partial charge in [-0.2, -0.15) is 11.3 Å². The second kappa shape index (κ2) is 7.60. The SMILES string of the molecule is CCOc1ccc([C@H]2CCCN2C(=O)c2csc(-c3ccsc3)n2)cc1. The van der Waals surface area contributed by atoms with E-state index in [0.29, 0.717) is 12.3 Å². The number of thiophene rings is 1. The Kier molecular flexibility index (Phi) is 5.04. The topological polar surface area (TPSA) is 42.4 Å². The number of hydrogen-bond acceptors (Lipinski definition) is 5. The van der Waals surface area contributed by atoms with Crippen molar-refractivity contribution in [2.24, 2.45) is 0 Å². The molecule has 0 aliphatic carbocycles. The van der Waals surface area contributed by atoms with Gasteiger partial charge in [0.05, 0.1) is 12.6 Å². The first-order valence-corrected chi connectivity index (χ1v) is 10.6. The smallest absolute Gasteiger partial charge is 0.273 e. The summed E-state index contributed by atoms with van der Waals surface area (Å²) in [4.78, 5) is 19.6. The molecule has 6 heteroatoms. The van der Waals surface area contributed by atoms with E-state index in [1.807, 2.05) is 40.8 Å². The monoisotopic (exact) mass is 384 g/mol. The molecule has 4 rings (SSSR count). The number of amides is 1. The van der Waals surface area contributed by atoms with Crippen LogP contribution in [0, 0.1) is 0 Å². The first-order chi connectivity index (χ1) is 12.8. The van der Waals surface area contributed by atoms with E-state index >= 15 is 0 Å². The van der Waals surface area contributed by atoms with E-state index in [-0.39, 0.29) is 11.9 Å². The molecule has 4 nitrogen and oxygen atoms in total. The molecule has 3 aromatic rings. The van der Waals surface area contributed by atoms with Crippen LogP contribution in [0.5, 0.6) is 5.75 Å². The number of thiazole rings is 1. The summed E-state index contributed by atoms with van der Waals surface area (Å²) >= 11 is 3.17. The highest BCUT2D eigenvalue weighted by Gasteiger charge is 2.31. The van der Waals surface area contributed by atoms with E-state index in [9.17, 15) is 4.79 Å². The average Bonchev–Trinajstić information content (AvgIpc) is 3.42. The Balaban J connectivity index is 1.53. The number of ether oxygens (including phenoxy) is 1. The Morgan fingerprint density at radius 3 is 2.85 bits per heavy atom. The van der Waals surface area contributed by atoms with Crippen molar-refractivity contribution in [2.45, 2.75) is 25.8 Å². The third-order valence-corrected chi connectivity index (χ3v) is 6.16. The van der Waals surface area contributed by atoms with Gasteiger partial charge in [-0.3, -0.25) is 4.79 Å². The molecule has 134 valence electrons. The Hall–Kier alpha value is -2.18. The molecule has 2 aromatic heterocycles. The normalized spacial score (nSPS) is 16.8. The summed E-state index contributed by atoms with van der Waals surface area (Å²) in [6, 6.07) is 10.3. The van der Waals surface area contributed by atoms with Crippen LogP contribution in [0.2, 0.25) is 0 Å². The van der Waals surface area contributed by atoms with Crippen LogP contribution in [-0.4, -0.2) is 28.9 Å². The quantitative estimate of drug-likeness (QED) is 0.603. The summed E-state index contributed by atoms with van der Waals surface area (Å²) in [6.45, 7) is 3.41. The Labute approximate surface area is 161 Å². The van der Waals surface area contributed by atoms with Gasteiger partial charge in [0.2, 0.25) is 0 Å². The Morgan fingerprint density at radius 1 is 1.27 bits per heavy atom. The lowest BCUT2D eigenvalue weighted by atomic mass is 10.0. The summed E-state index contributed by atoms with van der Waals surface area (Å²) in [5.74, 6) is 0.895. The average molecular weight is 385 g/mol. The predicted octanol–water partition coefficient (Wildman–Crippen LogP) is 5.25. The highest BCUT2D eigenvalue weighted by molar-refractivity contribution is 7.14. The molecule has 1 aliphatic heterocycles. The van der Waals surface area contributed by atoms with Crippen LogP contribution >= 0.6 is 22.7 Å². The van der Waals surface area contributed by atoms with Crippen LogP contribution in [0.4, 0.5) is 0 Å². The highest BCUT2D eigenvalue weighted by atomic mass is 32.1. The Morgan fingerprint density at radius 2 is 2.12 bits per heavy atom. The standard InChI is InChI=1S/C20H20N2O2S2/c1-2-24-16-7-5-14(6-8-16)18-4-3-10-22(18)20(23)17-13-26-19(21-17)15-9-11-25-12-15/h5-9,11-13,18H,2-4,10H2,1H3/t18-/m1/s1. The zero-order chi connectivity index (χ0) is 17.9. The third kappa shape index (κ3) is 3.39. The van der Waals surface area contributed by atoms with Gasteiger partial charge in [-0.05, 0) is 48.9 Å². The highest BCUT2D eigenvalue weighted by Crippen LogP contribution is 2.35. The van der Waals surface area contributed by atoms with Gasteiger partial charge in [0.15, 0.2) is 0 Å². The van der Waals surface area contributed by atoms with E-state index in [0.717, 1.165) is 41.3 Å². The van der Waals surface area contributed by atoms with Crippen molar-refractivity contribution < 1.29 is 9.53 Å². The van der Waals surface area contributed by atoms with Crippen molar-refractivity contribution in [3.05, 3.63) is 57.7 Å². The molecular weight excluding hydrogens is 364 g/mol. The van der Waals surface area contributed by atoms with Crippen LogP contribution < -0.4 is 4.74 Å². The van der Waals surface area contributed by atoms with Crippen LogP contribution in [0.15, 0.2) is 46.5 Å². The van der Waals surface area contributed by atoms with E-state index in [4.69, 9.17) is 4.74 Å². The fraction of sp³-hybridized carbons (Fsp3) is 0.300. The summed E-state index contributed by atoms with van der Waals surface area (Å²) in [6.07, 6.45) is 2.01. The molecule has 1 fully saturated rings. The predicted molar refractivity (Wildman–Crippen MR) is 106 cm³/mol. The maximum absolute atomic E-state index is 13.0. The molecular formula is C20H20N2O2S2. The van der Waals surface area contributed by atoms with Crippen LogP contribution in [-0.2, 0) is 0 Å². The second-order valence-electron chi connectivity index (χ2n) is 6.21. The number of carbonyl (C=O) groups excluding carboxylic acids is 1. The van der Waals surface area contributed by atoms with Crippen LogP contribution in [0.1, 0.15) is 41.9 Å². The fourth-order valence-corrected chi connectivity index (χ4v) is 4.85. The van der Waals surface area contributed by atoms with Gasteiger partial charge in [0, 0.05) is 22.9 Å². The molecule has 0 N–H and O–H groups in total. The number of nitrogens with zero attached hydrogens (tertiary/aromatic N) is 2. The van der Waals surface area contributed by atoms with Crippen molar-refractivity contribution in [2.75, 3.05) is 13.2 Å². The van der Waals surface area contributed by atoms with Crippen molar-refractivity contribution in [1.29, 1.82) is 0 Å². The van der Waals surface area contributed by atoms with Gasteiger partial charge < -0.3 is 9.64 Å². The van der Waals surface area contributed by atoms with Gasteiger partial charge in [-0.15, -0.1) is 11.3 Å². The van der Waals surface area contributed by atoms with Crippen LogP contribution in [0.3, 0.4) is 0 Å². The molecule has 0 saturated carbocycles. The molecule has 0 radical (unpaired) electrons. The minimum Gasteiger partial charge on any atom is -0.494 e. The number of hydrogen-bond donors (Lipinski definition) is 0. The third-order valence-electron chi connectivity index (χ3n) is 4.58. The second-order valence-corrected chi connectivity index (χ2v) is 7.85. The lowest BCUT2D eigenvalue weighted by Gasteiger charge is -2.24. The van der Waals surface area contributed by atoms with Crippen LogP contribution in [0.25, 0.3) is 10.6 Å². The zero-order valence-corrected chi connectivity index (χ0v) is 16.2. The molecule has 1 amide bonds. The molecule has 1 aromatic carbocycles. The van der Waals surface area contributed by atoms with Crippen molar-refractivity contribution >= 4 is 28.6 Å². The lowest BCUT2D eigenvalue weighted by molar-refractivity contribution is 0.0730. The molecule has 1 aliphatic rings. The number of aromatic nitrogens is 1. The lowest BCUT2D eigenvalue weighted by Crippen LogP contribution is -2.30. The minimum atomic E-state index is 0.0270. The molecule has 0 unspecified atom stereocenters. The van der Waals surface area contributed by atoms with Gasteiger partial charge in [0.1, 0.15) is 16.5 Å². The number of rotatable bonds is 5. The van der Waals surface area contributed by atoms with E-state index in [1.165, 1.54) is 11.3 Å². The molecule has 26 heavy (non-hydrogen) atoms. The van der Waals surface area contributed by atoms with Crippen molar-refractivity contribution in [3.63, 3.8) is 0 Å². The van der Waals surface area contributed by atoms with E-state index in [2.05, 4.69) is 22.5 Å².